The molecule has 0 bridgehead atoms. The number of para-hydroxylation sites is 6. The summed E-state index contributed by atoms with van der Waals surface area (Å²) in [6.45, 7) is 15.9. The van der Waals surface area contributed by atoms with Crippen molar-refractivity contribution >= 4 is 64.3 Å². The van der Waals surface area contributed by atoms with Gasteiger partial charge in [-0.25, -0.2) is 0 Å². The Hall–Kier alpha value is -6.17. The van der Waals surface area contributed by atoms with E-state index in [-0.39, 0.29) is 20.1 Å². The number of aryl methyl sites for hydroxylation is 1. The van der Waals surface area contributed by atoms with Crippen LogP contribution in [-0.2, 0) is 20.1 Å². The standard InChI is InChI=1S/C36H31N2S.C25H25N2.Ir/c1-21(2)26-10-8-11-27(22(3)4)34(26)38-32-15-7-6-14-31(32)37-36(38)29-13-9-12-28-30-19-24-17-16-23(5)18-25(24)20-33(30)39-35(28)29;1-17(2)20-13-10-14-21(18(3)4)24(20)27-23-16-9-8-15-22(23)26-25(27)19-11-6-5-7-12-19;/h6-12,14-22H,1-5H3;5-11,13-18H,1-4H3;/q2*-1;+3/i5D3;;. The maximum Gasteiger partial charge on any atom is 3.00 e. The van der Waals surface area contributed by atoms with E-state index >= 15 is 0 Å². The van der Waals surface area contributed by atoms with Gasteiger partial charge in [0.2, 0.25) is 0 Å². The number of aromatic nitrogens is 4. The van der Waals surface area contributed by atoms with E-state index in [2.05, 4.69) is 180 Å². The number of rotatable bonds is 8. The third-order valence-electron chi connectivity index (χ3n) is 12.8. The van der Waals surface area contributed by atoms with Gasteiger partial charge in [0.05, 0.1) is 33.7 Å². The van der Waals surface area contributed by atoms with Crippen LogP contribution in [0.25, 0.3) is 87.2 Å². The van der Waals surface area contributed by atoms with Crippen molar-refractivity contribution in [3.8, 4) is 34.2 Å². The van der Waals surface area contributed by atoms with Crippen molar-refractivity contribution in [2.24, 2.45) is 0 Å². The van der Waals surface area contributed by atoms with Gasteiger partial charge in [-0.3, -0.25) is 9.97 Å². The summed E-state index contributed by atoms with van der Waals surface area (Å²) in [5.41, 5.74) is 14.3. The molecular weight excluding hydrogens is 1010 g/mol. The smallest absolute Gasteiger partial charge is 0.333 e. The molecule has 0 aliphatic heterocycles. The number of imidazole rings is 2. The zero-order valence-corrected chi connectivity index (χ0v) is 42.5. The first-order valence-electron chi connectivity index (χ1n) is 24.7. The summed E-state index contributed by atoms with van der Waals surface area (Å²) < 4.78 is 30.5. The Morgan fingerprint density at radius 3 is 1.99 bits per heavy atom. The number of thiophene rings is 1. The Kier molecular flexibility index (Phi) is 11.9. The van der Waals surface area contributed by atoms with Gasteiger partial charge < -0.3 is 9.13 Å². The van der Waals surface area contributed by atoms with Crippen LogP contribution in [0.4, 0.5) is 0 Å². The van der Waals surface area contributed by atoms with Crippen LogP contribution >= 0.6 is 11.3 Å². The number of benzene rings is 8. The van der Waals surface area contributed by atoms with Gasteiger partial charge in [0, 0.05) is 20.2 Å². The molecule has 0 radical (unpaired) electrons. The normalized spacial score (nSPS) is 12.6. The van der Waals surface area contributed by atoms with E-state index in [1.807, 2.05) is 36.4 Å². The molecule has 0 saturated heterocycles. The number of hydrogen-bond acceptors (Lipinski definition) is 2. The van der Waals surface area contributed by atoms with Crippen molar-refractivity contribution in [2.75, 3.05) is 0 Å². The molecule has 0 aliphatic carbocycles. The largest absolute Gasteiger partial charge is 3.00 e. The van der Waals surface area contributed by atoms with Crippen LogP contribution in [0.15, 0.2) is 152 Å². The minimum atomic E-state index is -2.13. The van der Waals surface area contributed by atoms with E-state index in [1.165, 1.54) is 33.6 Å². The quantitative estimate of drug-likeness (QED) is 0.112. The maximum absolute atomic E-state index is 7.86. The van der Waals surface area contributed by atoms with Crippen molar-refractivity contribution < 1.29 is 28.8 Å². The Labute approximate surface area is 416 Å². The Bertz CT molecular complexity index is 3640. The molecule has 0 fully saturated rings. The van der Waals surface area contributed by atoms with Crippen LogP contribution in [0.1, 0.15) is 111 Å². The fourth-order valence-electron chi connectivity index (χ4n) is 9.58. The minimum absolute atomic E-state index is 0. The van der Waals surface area contributed by atoms with Gasteiger partial charge in [-0.05, 0) is 110 Å². The SMILES string of the molecule is CC(C)c1cccc(C(C)C)c1-n1c(-c2[c-]cccc2)nc2ccccc21.[2H]C([2H])([2H])c1ccc2cc3c(cc2c1)sc1c(-c2[n-]c4ccccc4[n+]2-c2c(C(C)C)cccc2C(C)C)[c-]ccc13.[Ir+3]. The topological polar surface area (TPSA) is 35.8 Å². The number of fused-ring (bicyclic) bond motifs is 6. The Morgan fingerprint density at radius 2 is 1.30 bits per heavy atom. The van der Waals surface area contributed by atoms with Crippen molar-refractivity contribution in [2.45, 2.75) is 85.9 Å². The Balaban J connectivity index is 0.000000188. The molecule has 0 spiro atoms. The van der Waals surface area contributed by atoms with Crippen LogP contribution in [-0.4, -0.2) is 9.55 Å². The molecule has 0 amide bonds. The maximum atomic E-state index is 7.86. The molecule has 0 N–H and O–H groups in total. The van der Waals surface area contributed by atoms with Gasteiger partial charge in [0.15, 0.2) is 0 Å². The number of hydrogen-bond donors (Lipinski definition) is 0. The van der Waals surface area contributed by atoms with Crippen LogP contribution in [0.5, 0.6) is 0 Å². The second-order valence-electron chi connectivity index (χ2n) is 18.6. The molecule has 4 nitrogen and oxygen atoms in total. The first-order chi connectivity index (χ1) is 33.2. The first kappa shape index (κ1) is 42.2. The average Bonchev–Trinajstić information content (AvgIpc) is 4.04. The van der Waals surface area contributed by atoms with Gasteiger partial charge >= 0.3 is 20.1 Å². The van der Waals surface area contributed by atoms with Crippen LogP contribution < -0.4 is 9.55 Å². The molecule has 6 heteroatoms. The molecule has 8 aromatic carbocycles. The molecule has 67 heavy (non-hydrogen) atoms. The molecule has 3 heterocycles. The Morgan fingerprint density at radius 1 is 0.627 bits per heavy atom. The fourth-order valence-corrected chi connectivity index (χ4v) is 10.8. The number of nitrogens with zero attached hydrogens (tertiary/aromatic N) is 4. The molecule has 3 aromatic heterocycles. The van der Waals surface area contributed by atoms with E-state index in [9.17, 15) is 0 Å². The summed E-state index contributed by atoms with van der Waals surface area (Å²) in [4.78, 5) is 10.2. The van der Waals surface area contributed by atoms with E-state index in [1.54, 1.807) is 23.5 Å². The summed E-state index contributed by atoms with van der Waals surface area (Å²) in [7, 11) is 0. The predicted molar refractivity (Wildman–Crippen MR) is 280 cm³/mol. The monoisotopic (exact) mass is 1070 g/mol. The van der Waals surface area contributed by atoms with Crippen molar-refractivity contribution in [1.82, 2.24) is 14.5 Å². The summed E-state index contributed by atoms with van der Waals surface area (Å²) >= 11 is 1.72. The first-order valence-corrected chi connectivity index (χ1v) is 24.0. The van der Waals surface area contributed by atoms with E-state index < -0.39 is 6.85 Å². The van der Waals surface area contributed by atoms with Crippen molar-refractivity contribution in [3.63, 3.8) is 0 Å². The molecular formula is C61H56IrN4S+. The fraction of sp³-hybridized carbons (Fsp3) is 0.213. The predicted octanol–water partition coefficient (Wildman–Crippen LogP) is 16.4. The van der Waals surface area contributed by atoms with Crippen LogP contribution in [0, 0.1) is 19.0 Å². The van der Waals surface area contributed by atoms with Crippen molar-refractivity contribution in [1.29, 1.82) is 0 Å². The summed E-state index contributed by atoms with van der Waals surface area (Å²) in [5, 5.41) is 4.29. The average molecular weight is 1070 g/mol. The van der Waals surface area contributed by atoms with Crippen LogP contribution in [0.3, 0.4) is 0 Å². The van der Waals surface area contributed by atoms with E-state index in [4.69, 9.17) is 14.1 Å². The molecule has 334 valence electrons. The summed E-state index contributed by atoms with van der Waals surface area (Å²) in [6, 6.07) is 59.0. The second kappa shape index (κ2) is 18.8. The zero-order chi connectivity index (χ0) is 48.3. The summed E-state index contributed by atoms with van der Waals surface area (Å²) in [6.07, 6.45) is 0. The molecule has 11 rings (SSSR count). The third kappa shape index (κ3) is 8.35. The molecule has 0 saturated carbocycles. The van der Waals surface area contributed by atoms with Gasteiger partial charge in [-0.15, -0.1) is 54.1 Å². The van der Waals surface area contributed by atoms with Gasteiger partial charge in [0.25, 0.3) is 0 Å². The zero-order valence-electron chi connectivity index (χ0n) is 42.3. The van der Waals surface area contributed by atoms with Crippen LogP contribution in [0.2, 0.25) is 0 Å². The van der Waals surface area contributed by atoms with Crippen molar-refractivity contribution in [3.05, 3.63) is 192 Å². The molecule has 0 unspecified atom stereocenters. The van der Waals surface area contributed by atoms with Gasteiger partial charge in [0.1, 0.15) is 0 Å². The molecule has 0 aliphatic rings. The second-order valence-corrected chi connectivity index (χ2v) is 19.6. The van der Waals surface area contributed by atoms with Gasteiger partial charge in [-0.1, -0.05) is 151 Å². The third-order valence-corrected chi connectivity index (χ3v) is 14.0. The molecule has 0 atom stereocenters. The van der Waals surface area contributed by atoms with E-state index in [0.717, 1.165) is 75.8 Å². The summed E-state index contributed by atoms with van der Waals surface area (Å²) in [5.74, 6) is 3.36. The minimum Gasteiger partial charge on any atom is -0.333 e. The van der Waals surface area contributed by atoms with Gasteiger partial charge in [-0.2, -0.15) is 11.3 Å². The van der Waals surface area contributed by atoms with E-state index in [0.29, 0.717) is 29.2 Å². The molecule has 11 aromatic rings.